The molecular weight excluding hydrogens is 270 g/mol. The summed E-state index contributed by atoms with van der Waals surface area (Å²) in [6.07, 6.45) is 2.36. The van der Waals surface area contributed by atoms with Gasteiger partial charge in [-0.2, -0.15) is 0 Å². The van der Waals surface area contributed by atoms with Gasteiger partial charge in [-0.05, 0) is 19.4 Å². The molecule has 0 radical (unpaired) electrons. The van der Waals surface area contributed by atoms with E-state index in [-0.39, 0.29) is 12.3 Å². The molecule has 5 heteroatoms. The number of carbonyl (C=O) groups is 2. The molecule has 21 heavy (non-hydrogen) atoms. The molecule has 0 spiro atoms. The molecule has 0 aliphatic rings. The van der Waals surface area contributed by atoms with E-state index < -0.39 is 12.1 Å². The van der Waals surface area contributed by atoms with Gasteiger partial charge in [0.05, 0.1) is 6.42 Å². The normalized spacial score (nSPS) is 11.7. The van der Waals surface area contributed by atoms with Crippen molar-refractivity contribution in [3.8, 4) is 5.75 Å². The zero-order valence-electron chi connectivity index (χ0n) is 12.6. The predicted molar refractivity (Wildman–Crippen MR) is 80.4 cm³/mol. The summed E-state index contributed by atoms with van der Waals surface area (Å²) in [6, 6.07) is 6.88. The zero-order chi connectivity index (χ0) is 15.7. The van der Waals surface area contributed by atoms with Crippen molar-refractivity contribution in [2.24, 2.45) is 0 Å². The Hall–Kier alpha value is -2.04. The minimum atomic E-state index is -0.928. The molecule has 116 valence electrons. The van der Waals surface area contributed by atoms with Crippen LogP contribution in [0.15, 0.2) is 24.3 Å². The Morgan fingerprint density at radius 1 is 1.29 bits per heavy atom. The summed E-state index contributed by atoms with van der Waals surface area (Å²) in [5.74, 6) is -0.671. The second-order valence-electron chi connectivity index (χ2n) is 4.94. The third-order valence-corrected chi connectivity index (χ3v) is 3.07. The molecule has 1 aromatic rings. The molecule has 0 bridgehead atoms. The average Bonchev–Trinajstić information content (AvgIpc) is 2.45. The Morgan fingerprint density at radius 2 is 2.00 bits per heavy atom. The largest absolute Gasteiger partial charge is 0.481 e. The highest BCUT2D eigenvalue weighted by atomic mass is 16.5. The van der Waals surface area contributed by atoms with E-state index in [0.717, 1.165) is 19.3 Å². The Balaban J connectivity index is 2.55. The minimum Gasteiger partial charge on any atom is -0.481 e. The summed E-state index contributed by atoms with van der Waals surface area (Å²) in [5, 5.41) is 11.7. The lowest BCUT2D eigenvalue weighted by Crippen LogP contribution is -2.37. The van der Waals surface area contributed by atoms with Gasteiger partial charge in [0.1, 0.15) is 5.75 Å². The first kappa shape index (κ1) is 17.0. The first-order chi connectivity index (χ1) is 10.0. The Kier molecular flexibility index (Phi) is 7.29. The fraction of sp³-hybridized carbons (Fsp3) is 0.500. The number of hydrogen-bond donors (Lipinski definition) is 2. The number of para-hydroxylation sites is 1. The van der Waals surface area contributed by atoms with Crippen LogP contribution in [0.5, 0.6) is 5.75 Å². The van der Waals surface area contributed by atoms with Gasteiger partial charge in [-0.3, -0.25) is 9.59 Å². The van der Waals surface area contributed by atoms with Crippen LogP contribution in [0.25, 0.3) is 0 Å². The van der Waals surface area contributed by atoms with E-state index in [0.29, 0.717) is 17.9 Å². The quantitative estimate of drug-likeness (QED) is 0.685. The van der Waals surface area contributed by atoms with E-state index in [1.807, 2.05) is 0 Å². The summed E-state index contributed by atoms with van der Waals surface area (Å²) in [5.41, 5.74) is 0.565. The molecule has 1 unspecified atom stereocenters. The minimum absolute atomic E-state index is 0.124. The van der Waals surface area contributed by atoms with Crippen LogP contribution in [-0.2, 0) is 16.0 Å². The number of ether oxygens (including phenoxy) is 1. The number of hydrogen-bond acceptors (Lipinski definition) is 3. The van der Waals surface area contributed by atoms with Crippen molar-refractivity contribution >= 4 is 11.9 Å². The summed E-state index contributed by atoms with van der Waals surface area (Å²) in [4.78, 5) is 22.7. The topological polar surface area (TPSA) is 75.6 Å². The molecule has 1 atom stereocenters. The maximum Gasteiger partial charge on any atom is 0.307 e. The number of carbonyl (C=O) groups excluding carboxylic acids is 1. The number of amides is 1. The molecule has 0 heterocycles. The summed E-state index contributed by atoms with van der Waals surface area (Å²) in [7, 11) is 0. The van der Waals surface area contributed by atoms with Crippen molar-refractivity contribution in [1.82, 2.24) is 5.32 Å². The summed E-state index contributed by atoms with van der Waals surface area (Å²) in [6.45, 7) is 4.40. The third-order valence-electron chi connectivity index (χ3n) is 3.07. The smallest absolute Gasteiger partial charge is 0.307 e. The van der Waals surface area contributed by atoms with Gasteiger partial charge in [0, 0.05) is 12.1 Å². The fourth-order valence-electron chi connectivity index (χ4n) is 1.90. The number of aliphatic carboxylic acids is 1. The van der Waals surface area contributed by atoms with Crippen LogP contribution in [0.1, 0.15) is 38.7 Å². The number of unbranched alkanes of at least 4 members (excludes halogenated alkanes) is 2. The average molecular weight is 293 g/mol. The van der Waals surface area contributed by atoms with Gasteiger partial charge >= 0.3 is 5.97 Å². The van der Waals surface area contributed by atoms with Crippen molar-refractivity contribution < 1.29 is 19.4 Å². The van der Waals surface area contributed by atoms with Crippen molar-refractivity contribution in [2.75, 3.05) is 6.54 Å². The standard InChI is InChI=1S/C16H23NO4/c1-3-4-7-10-17-16(20)12(2)21-14-9-6-5-8-13(14)11-15(18)19/h5-6,8-9,12H,3-4,7,10-11H2,1-2H3,(H,17,20)(H,18,19). The fourth-order valence-corrected chi connectivity index (χ4v) is 1.90. The lowest BCUT2D eigenvalue weighted by Gasteiger charge is -2.16. The molecule has 0 fully saturated rings. The lowest BCUT2D eigenvalue weighted by atomic mass is 10.1. The first-order valence-electron chi connectivity index (χ1n) is 7.28. The molecule has 0 aliphatic carbocycles. The molecular formula is C16H23NO4. The summed E-state index contributed by atoms with van der Waals surface area (Å²) >= 11 is 0. The molecule has 1 amide bonds. The second-order valence-corrected chi connectivity index (χ2v) is 4.94. The van der Waals surface area contributed by atoms with Gasteiger partial charge in [0.25, 0.3) is 5.91 Å². The molecule has 0 aromatic heterocycles. The summed E-state index contributed by atoms with van der Waals surface area (Å²) < 4.78 is 5.59. The van der Waals surface area contributed by atoms with Gasteiger partial charge in [-0.25, -0.2) is 0 Å². The zero-order valence-corrected chi connectivity index (χ0v) is 12.6. The van der Waals surface area contributed by atoms with Crippen LogP contribution >= 0.6 is 0 Å². The molecule has 5 nitrogen and oxygen atoms in total. The number of carboxylic acid groups (broad SMARTS) is 1. The highest BCUT2D eigenvalue weighted by Crippen LogP contribution is 2.20. The Bertz CT molecular complexity index is 473. The highest BCUT2D eigenvalue weighted by molar-refractivity contribution is 5.80. The Labute approximate surface area is 125 Å². The van der Waals surface area contributed by atoms with Crippen LogP contribution < -0.4 is 10.1 Å². The van der Waals surface area contributed by atoms with Crippen LogP contribution in [0.3, 0.4) is 0 Å². The number of rotatable bonds is 9. The molecule has 1 rings (SSSR count). The highest BCUT2D eigenvalue weighted by Gasteiger charge is 2.16. The molecule has 0 saturated carbocycles. The van der Waals surface area contributed by atoms with Crippen LogP contribution in [0, 0.1) is 0 Å². The first-order valence-corrected chi connectivity index (χ1v) is 7.28. The number of nitrogens with one attached hydrogen (secondary N) is 1. The van der Waals surface area contributed by atoms with E-state index in [4.69, 9.17) is 9.84 Å². The van der Waals surface area contributed by atoms with Crippen LogP contribution in [0.2, 0.25) is 0 Å². The van der Waals surface area contributed by atoms with E-state index in [2.05, 4.69) is 12.2 Å². The maximum atomic E-state index is 11.9. The number of benzene rings is 1. The van der Waals surface area contributed by atoms with Crippen molar-refractivity contribution in [3.63, 3.8) is 0 Å². The van der Waals surface area contributed by atoms with Gasteiger partial charge in [0.15, 0.2) is 6.10 Å². The monoisotopic (exact) mass is 293 g/mol. The number of carboxylic acids is 1. The third kappa shape index (κ3) is 6.29. The SMILES string of the molecule is CCCCCNC(=O)C(C)Oc1ccccc1CC(=O)O. The second kappa shape index (κ2) is 9.00. The van der Waals surface area contributed by atoms with Gasteiger partial charge in [0.2, 0.25) is 0 Å². The van der Waals surface area contributed by atoms with E-state index in [9.17, 15) is 9.59 Å². The van der Waals surface area contributed by atoms with Crippen LogP contribution in [0.4, 0.5) is 0 Å². The van der Waals surface area contributed by atoms with Crippen molar-refractivity contribution in [2.45, 2.75) is 45.6 Å². The van der Waals surface area contributed by atoms with E-state index >= 15 is 0 Å². The predicted octanol–water partition coefficient (Wildman–Crippen LogP) is 2.39. The molecule has 2 N–H and O–H groups in total. The molecule has 0 saturated heterocycles. The maximum absolute atomic E-state index is 11.9. The van der Waals surface area contributed by atoms with E-state index in [1.54, 1.807) is 31.2 Å². The molecule has 0 aliphatic heterocycles. The lowest BCUT2D eigenvalue weighted by molar-refractivity contribution is -0.136. The van der Waals surface area contributed by atoms with Crippen LogP contribution in [-0.4, -0.2) is 29.6 Å². The Morgan fingerprint density at radius 3 is 2.67 bits per heavy atom. The molecule has 1 aromatic carbocycles. The van der Waals surface area contributed by atoms with Gasteiger partial charge < -0.3 is 15.2 Å². The van der Waals surface area contributed by atoms with Crippen molar-refractivity contribution in [3.05, 3.63) is 29.8 Å². The van der Waals surface area contributed by atoms with Crippen molar-refractivity contribution in [1.29, 1.82) is 0 Å². The van der Waals surface area contributed by atoms with E-state index in [1.165, 1.54) is 0 Å². The van der Waals surface area contributed by atoms with Gasteiger partial charge in [-0.1, -0.05) is 38.0 Å². The van der Waals surface area contributed by atoms with Gasteiger partial charge in [-0.15, -0.1) is 0 Å².